The number of hydrogen-bond acceptors (Lipinski definition) is 3. The molecule has 0 saturated heterocycles. The molecule has 0 bridgehead atoms. The minimum atomic E-state index is 0.623. The van der Waals surface area contributed by atoms with Gasteiger partial charge in [-0.3, -0.25) is 4.98 Å². The molecule has 0 aliphatic rings. The molecule has 0 radical (unpaired) electrons. The first-order valence-electron chi connectivity index (χ1n) is 6.15. The number of nitrogens with one attached hydrogen (secondary N) is 1. The third kappa shape index (κ3) is 5.37. The van der Waals surface area contributed by atoms with Gasteiger partial charge in [-0.15, -0.1) is 0 Å². The van der Waals surface area contributed by atoms with Gasteiger partial charge in [0.25, 0.3) is 0 Å². The second kappa shape index (κ2) is 7.51. The van der Waals surface area contributed by atoms with Gasteiger partial charge in [-0.25, -0.2) is 0 Å². The van der Waals surface area contributed by atoms with Crippen LogP contribution in [0.3, 0.4) is 0 Å². The van der Waals surface area contributed by atoms with Crippen molar-refractivity contribution in [1.29, 1.82) is 0 Å². The van der Waals surface area contributed by atoms with Gasteiger partial charge >= 0.3 is 0 Å². The van der Waals surface area contributed by atoms with E-state index in [1.54, 1.807) is 12.4 Å². The largest absolute Gasteiger partial charge is 0.384 e. The molecule has 0 aliphatic heterocycles. The first kappa shape index (κ1) is 14.3. The van der Waals surface area contributed by atoms with E-state index >= 15 is 0 Å². The monoisotopic (exact) mass is 255 g/mol. The first-order valence-corrected chi connectivity index (χ1v) is 6.52. The van der Waals surface area contributed by atoms with Gasteiger partial charge in [-0.1, -0.05) is 11.6 Å². The van der Waals surface area contributed by atoms with E-state index in [2.05, 4.69) is 36.1 Å². The average Bonchev–Trinajstić information content (AvgIpc) is 2.30. The molecule has 0 aromatic carbocycles. The SMILES string of the molecule is CC(C)N(C)CCCCNc1ccncc1Cl. The Morgan fingerprint density at radius 3 is 2.82 bits per heavy atom. The molecule has 0 fully saturated rings. The molecule has 0 aliphatic carbocycles. The van der Waals surface area contributed by atoms with E-state index in [-0.39, 0.29) is 0 Å². The van der Waals surface area contributed by atoms with Crippen LogP contribution in [0.25, 0.3) is 0 Å². The summed E-state index contributed by atoms with van der Waals surface area (Å²) >= 11 is 6.00. The maximum atomic E-state index is 6.00. The van der Waals surface area contributed by atoms with Crippen molar-refractivity contribution in [3.8, 4) is 0 Å². The second-order valence-corrected chi connectivity index (χ2v) is 4.97. The standard InChI is InChI=1S/C13H22ClN3/c1-11(2)17(3)9-5-4-7-16-13-6-8-15-10-12(13)14/h6,8,10-11H,4-5,7,9H2,1-3H3,(H,15,16). The van der Waals surface area contributed by atoms with Gasteiger partial charge in [0, 0.05) is 25.0 Å². The lowest BCUT2D eigenvalue weighted by atomic mass is 10.2. The van der Waals surface area contributed by atoms with Gasteiger partial charge in [0.05, 0.1) is 10.7 Å². The Bertz CT molecular complexity index is 328. The lowest BCUT2D eigenvalue weighted by Gasteiger charge is -2.20. The van der Waals surface area contributed by atoms with Crippen LogP contribution in [0.15, 0.2) is 18.5 Å². The number of anilines is 1. The summed E-state index contributed by atoms with van der Waals surface area (Å²) in [5, 5.41) is 4.01. The van der Waals surface area contributed by atoms with E-state index in [9.17, 15) is 0 Å². The summed E-state index contributed by atoms with van der Waals surface area (Å²) in [4.78, 5) is 6.31. The maximum absolute atomic E-state index is 6.00. The summed E-state index contributed by atoms with van der Waals surface area (Å²) < 4.78 is 0. The molecule has 17 heavy (non-hydrogen) atoms. The minimum absolute atomic E-state index is 0.623. The molecule has 0 saturated carbocycles. The Morgan fingerprint density at radius 2 is 2.18 bits per heavy atom. The number of unbranched alkanes of at least 4 members (excludes halogenated alkanes) is 1. The molecule has 3 nitrogen and oxygen atoms in total. The topological polar surface area (TPSA) is 28.2 Å². The Hall–Kier alpha value is -0.800. The van der Waals surface area contributed by atoms with Gasteiger partial charge in [-0.2, -0.15) is 0 Å². The summed E-state index contributed by atoms with van der Waals surface area (Å²) in [6.45, 7) is 6.53. The van der Waals surface area contributed by atoms with E-state index in [0.717, 1.165) is 25.2 Å². The van der Waals surface area contributed by atoms with Crippen molar-refractivity contribution in [1.82, 2.24) is 9.88 Å². The number of hydrogen-bond donors (Lipinski definition) is 1. The molecule has 0 atom stereocenters. The van der Waals surface area contributed by atoms with E-state index in [4.69, 9.17) is 11.6 Å². The number of rotatable bonds is 7. The third-order valence-corrected chi connectivity index (χ3v) is 3.21. The van der Waals surface area contributed by atoms with Crippen molar-refractivity contribution < 1.29 is 0 Å². The summed E-state index contributed by atoms with van der Waals surface area (Å²) in [6.07, 6.45) is 5.76. The highest BCUT2D eigenvalue weighted by atomic mass is 35.5. The zero-order chi connectivity index (χ0) is 12.7. The average molecular weight is 256 g/mol. The molecule has 96 valence electrons. The number of aromatic nitrogens is 1. The fourth-order valence-electron chi connectivity index (χ4n) is 1.49. The van der Waals surface area contributed by atoms with Crippen LogP contribution in [0.5, 0.6) is 0 Å². The molecule has 0 amide bonds. The van der Waals surface area contributed by atoms with Crippen LogP contribution >= 0.6 is 11.6 Å². The molecule has 1 heterocycles. The molecular weight excluding hydrogens is 234 g/mol. The zero-order valence-corrected chi connectivity index (χ0v) is 11.7. The predicted octanol–water partition coefficient (Wildman–Crippen LogP) is 3.27. The van der Waals surface area contributed by atoms with Crippen molar-refractivity contribution in [2.75, 3.05) is 25.5 Å². The molecule has 4 heteroatoms. The van der Waals surface area contributed by atoms with E-state index in [1.165, 1.54) is 6.42 Å². The van der Waals surface area contributed by atoms with E-state index < -0.39 is 0 Å². The highest BCUT2D eigenvalue weighted by Crippen LogP contribution is 2.18. The van der Waals surface area contributed by atoms with Gasteiger partial charge in [0.1, 0.15) is 0 Å². The summed E-state index contributed by atoms with van der Waals surface area (Å²) in [7, 11) is 2.16. The van der Waals surface area contributed by atoms with Crippen LogP contribution in [0, 0.1) is 0 Å². The van der Waals surface area contributed by atoms with Crippen LogP contribution in [0.1, 0.15) is 26.7 Å². The summed E-state index contributed by atoms with van der Waals surface area (Å²) in [6, 6.07) is 2.53. The van der Waals surface area contributed by atoms with Gasteiger partial charge in [-0.05, 0) is 46.3 Å². The van der Waals surface area contributed by atoms with Crippen molar-refractivity contribution in [2.24, 2.45) is 0 Å². The van der Waals surface area contributed by atoms with Crippen molar-refractivity contribution >= 4 is 17.3 Å². The first-order chi connectivity index (χ1) is 8.11. The molecule has 1 rings (SSSR count). The fourth-order valence-corrected chi connectivity index (χ4v) is 1.67. The molecule has 0 spiro atoms. The van der Waals surface area contributed by atoms with Crippen LogP contribution in [0.2, 0.25) is 5.02 Å². The zero-order valence-electron chi connectivity index (χ0n) is 10.9. The maximum Gasteiger partial charge on any atom is 0.0820 e. The molecule has 1 aromatic rings. The quantitative estimate of drug-likeness (QED) is 0.758. The van der Waals surface area contributed by atoms with Crippen molar-refractivity contribution in [3.63, 3.8) is 0 Å². The van der Waals surface area contributed by atoms with Gasteiger partial charge in [0.15, 0.2) is 0 Å². The fraction of sp³-hybridized carbons (Fsp3) is 0.615. The highest BCUT2D eigenvalue weighted by molar-refractivity contribution is 6.33. The van der Waals surface area contributed by atoms with Crippen LogP contribution in [0.4, 0.5) is 5.69 Å². The van der Waals surface area contributed by atoms with Crippen molar-refractivity contribution in [3.05, 3.63) is 23.5 Å². The minimum Gasteiger partial charge on any atom is -0.384 e. The Labute approximate surface area is 109 Å². The predicted molar refractivity (Wildman–Crippen MR) is 74.7 cm³/mol. The van der Waals surface area contributed by atoms with Crippen LogP contribution in [-0.2, 0) is 0 Å². The molecular formula is C13H22ClN3. The smallest absolute Gasteiger partial charge is 0.0820 e. The molecule has 0 unspecified atom stereocenters. The Balaban J connectivity index is 2.15. The number of pyridine rings is 1. The highest BCUT2D eigenvalue weighted by Gasteiger charge is 2.02. The van der Waals surface area contributed by atoms with Gasteiger partial charge < -0.3 is 10.2 Å². The van der Waals surface area contributed by atoms with Gasteiger partial charge in [0.2, 0.25) is 0 Å². The second-order valence-electron chi connectivity index (χ2n) is 4.56. The lowest BCUT2D eigenvalue weighted by molar-refractivity contribution is 0.269. The Morgan fingerprint density at radius 1 is 1.41 bits per heavy atom. The van der Waals surface area contributed by atoms with E-state index in [0.29, 0.717) is 11.1 Å². The lowest BCUT2D eigenvalue weighted by Crippen LogP contribution is -2.27. The third-order valence-electron chi connectivity index (χ3n) is 2.91. The summed E-state index contributed by atoms with van der Waals surface area (Å²) in [5.74, 6) is 0. The van der Waals surface area contributed by atoms with Crippen molar-refractivity contribution in [2.45, 2.75) is 32.7 Å². The normalized spacial score (nSPS) is 11.2. The van der Waals surface area contributed by atoms with Crippen LogP contribution < -0.4 is 5.32 Å². The van der Waals surface area contributed by atoms with Crippen LogP contribution in [-0.4, -0.2) is 36.1 Å². The molecule has 1 aromatic heterocycles. The number of halogens is 1. The number of nitrogens with zero attached hydrogens (tertiary/aromatic N) is 2. The molecule has 1 N–H and O–H groups in total. The van der Waals surface area contributed by atoms with E-state index in [1.807, 2.05) is 6.07 Å². The Kier molecular flexibility index (Phi) is 6.30. The summed E-state index contributed by atoms with van der Waals surface area (Å²) in [5.41, 5.74) is 0.971.